The predicted molar refractivity (Wildman–Crippen MR) is 83.8 cm³/mol. The van der Waals surface area contributed by atoms with E-state index in [0.29, 0.717) is 5.92 Å². The summed E-state index contributed by atoms with van der Waals surface area (Å²) < 4.78 is 1.79. The van der Waals surface area contributed by atoms with Gasteiger partial charge in [0.2, 0.25) is 5.91 Å². The Balaban J connectivity index is 1.31. The first kappa shape index (κ1) is 14.5. The van der Waals surface area contributed by atoms with E-state index in [1.54, 1.807) is 4.68 Å². The molecule has 7 nitrogen and oxygen atoms in total. The summed E-state index contributed by atoms with van der Waals surface area (Å²) in [5, 5.41) is 7.05. The molecule has 0 radical (unpaired) electrons. The van der Waals surface area contributed by atoms with E-state index >= 15 is 0 Å². The fraction of sp³-hybridized carbons (Fsp3) is 0.688. The second-order valence-electron chi connectivity index (χ2n) is 6.88. The van der Waals surface area contributed by atoms with Crippen LogP contribution in [0.15, 0.2) is 12.4 Å². The zero-order chi connectivity index (χ0) is 16.0. The molecule has 23 heavy (non-hydrogen) atoms. The van der Waals surface area contributed by atoms with Crippen LogP contribution >= 0.6 is 0 Å². The number of hydrogen-bond acceptors (Lipinski definition) is 3. The molecule has 3 fully saturated rings. The minimum Gasteiger partial charge on any atom is -0.342 e. The summed E-state index contributed by atoms with van der Waals surface area (Å²) in [7, 11) is 1.90. The molecule has 7 heteroatoms. The van der Waals surface area contributed by atoms with E-state index in [2.05, 4.69) is 10.4 Å². The smallest absolute Gasteiger partial charge is 0.317 e. The molecular formula is C16H23N5O2. The third-order valence-corrected chi connectivity index (χ3v) is 5.37. The molecule has 3 amide bonds. The van der Waals surface area contributed by atoms with Crippen LogP contribution in [0, 0.1) is 5.92 Å². The first-order valence-electron chi connectivity index (χ1n) is 8.45. The summed E-state index contributed by atoms with van der Waals surface area (Å²) in [4.78, 5) is 28.3. The zero-order valence-electron chi connectivity index (χ0n) is 13.4. The number of aromatic nitrogens is 2. The van der Waals surface area contributed by atoms with Gasteiger partial charge in [-0.3, -0.25) is 9.48 Å². The van der Waals surface area contributed by atoms with E-state index in [0.717, 1.165) is 45.4 Å². The molecule has 0 aromatic carbocycles. The van der Waals surface area contributed by atoms with Crippen LogP contribution in [0.3, 0.4) is 0 Å². The predicted octanol–water partition coefficient (Wildman–Crippen LogP) is 0.540. The maximum Gasteiger partial charge on any atom is 0.317 e. The summed E-state index contributed by atoms with van der Waals surface area (Å²) in [5.41, 5.74) is 1.18. The number of hydrogen-bond donors (Lipinski definition) is 1. The Morgan fingerprint density at radius 3 is 2.70 bits per heavy atom. The summed E-state index contributed by atoms with van der Waals surface area (Å²) >= 11 is 0. The lowest BCUT2D eigenvalue weighted by atomic mass is 10.0. The van der Waals surface area contributed by atoms with Gasteiger partial charge in [0.25, 0.3) is 0 Å². The van der Waals surface area contributed by atoms with Crippen LogP contribution in [0.4, 0.5) is 4.79 Å². The van der Waals surface area contributed by atoms with E-state index in [1.165, 1.54) is 5.56 Å². The molecule has 1 N–H and O–H groups in total. The third-order valence-electron chi connectivity index (χ3n) is 5.37. The van der Waals surface area contributed by atoms with Crippen molar-refractivity contribution >= 4 is 11.9 Å². The van der Waals surface area contributed by atoms with Crippen LogP contribution in [-0.2, 0) is 11.8 Å². The Morgan fingerprint density at radius 1 is 1.30 bits per heavy atom. The fourth-order valence-electron chi connectivity index (χ4n) is 3.94. The minimum atomic E-state index is 0.0496. The fourth-order valence-corrected chi connectivity index (χ4v) is 3.94. The molecule has 0 unspecified atom stereocenters. The second-order valence-corrected chi connectivity index (χ2v) is 6.88. The summed E-state index contributed by atoms with van der Waals surface area (Å²) in [6.07, 6.45) is 6.61. The van der Waals surface area contributed by atoms with Crippen LogP contribution in [-0.4, -0.2) is 63.7 Å². The summed E-state index contributed by atoms with van der Waals surface area (Å²) in [5.74, 6) is 0.757. The Kier molecular flexibility index (Phi) is 3.50. The normalized spacial score (nSPS) is 28.1. The number of piperidine rings is 1. The topological polar surface area (TPSA) is 70.5 Å². The molecule has 1 aromatic rings. The number of likely N-dealkylation sites (tertiary alicyclic amines) is 1. The monoisotopic (exact) mass is 317 g/mol. The average Bonchev–Trinajstić information content (AvgIpc) is 3.06. The summed E-state index contributed by atoms with van der Waals surface area (Å²) in [6.45, 7) is 3.07. The molecule has 0 spiro atoms. The van der Waals surface area contributed by atoms with Crippen molar-refractivity contribution in [1.82, 2.24) is 24.9 Å². The lowest BCUT2D eigenvalue weighted by molar-refractivity contribution is -0.134. The maximum atomic E-state index is 12.6. The summed E-state index contributed by atoms with van der Waals surface area (Å²) in [6, 6.07) is 0.337. The molecule has 4 rings (SSSR count). The molecule has 3 heterocycles. The molecule has 3 aliphatic rings. The molecule has 2 saturated heterocycles. The van der Waals surface area contributed by atoms with Crippen LogP contribution in [0.5, 0.6) is 0 Å². The van der Waals surface area contributed by atoms with Gasteiger partial charge >= 0.3 is 6.03 Å². The lowest BCUT2D eigenvalue weighted by Crippen LogP contribution is -2.48. The van der Waals surface area contributed by atoms with Crippen LogP contribution < -0.4 is 5.32 Å². The van der Waals surface area contributed by atoms with Crippen molar-refractivity contribution in [3.05, 3.63) is 18.0 Å². The molecule has 1 aromatic heterocycles. The van der Waals surface area contributed by atoms with Gasteiger partial charge in [0, 0.05) is 51.4 Å². The molecule has 1 aliphatic carbocycles. The first-order chi connectivity index (χ1) is 11.1. The maximum absolute atomic E-state index is 12.6. The SMILES string of the molecule is Cn1cc([C@@H]2C[C@@H]2C(=O)N2CCC(N3CCNC3=O)CC2)cn1. The molecular weight excluding hydrogens is 294 g/mol. The van der Waals surface area contributed by atoms with E-state index in [9.17, 15) is 9.59 Å². The van der Waals surface area contributed by atoms with Gasteiger partial charge < -0.3 is 15.1 Å². The van der Waals surface area contributed by atoms with E-state index in [4.69, 9.17) is 0 Å². The standard InChI is InChI=1S/C16H23N5O2/c1-19-10-11(9-18-19)13-8-14(13)15(22)20-5-2-12(3-6-20)21-7-4-17-16(21)23/h9-10,12-14H,2-8H2,1H3,(H,17,23)/t13-,14-/m0/s1. The number of nitrogens with zero attached hydrogens (tertiary/aromatic N) is 4. The first-order valence-corrected chi connectivity index (χ1v) is 8.45. The van der Waals surface area contributed by atoms with Gasteiger partial charge in [-0.1, -0.05) is 0 Å². The number of nitrogens with one attached hydrogen (secondary N) is 1. The zero-order valence-corrected chi connectivity index (χ0v) is 13.4. The third kappa shape index (κ3) is 2.68. The molecule has 2 atom stereocenters. The minimum absolute atomic E-state index is 0.0496. The van der Waals surface area contributed by atoms with Crippen LogP contribution in [0.25, 0.3) is 0 Å². The van der Waals surface area contributed by atoms with Crippen molar-refractivity contribution in [2.45, 2.75) is 31.2 Å². The highest BCUT2D eigenvalue weighted by atomic mass is 16.2. The van der Waals surface area contributed by atoms with Crippen molar-refractivity contribution in [2.24, 2.45) is 13.0 Å². The Morgan fingerprint density at radius 2 is 2.09 bits per heavy atom. The van der Waals surface area contributed by atoms with Gasteiger partial charge in [-0.05, 0) is 30.7 Å². The van der Waals surface area contributed by atoms with Crippen molar-refractivity contribution in [3.8, 4) is 0 Å². The molecule has 1 saturated carbocycles. The number of aryl methyl sites for hydroxylation is 1. The molecule has 124 valence electrons. The van der Waals surface area contributed by atoms with Crippen molar-refractivity contribution in [2.75, 3.05) is 26.2 Å². The van der Waals surface area contributed by atoms with Gasteiger partial charge in [-0.15, -0.1) is 0 Å². The quantitative estimate of drug-likeness (QED) is 0.884. The van der Waals surface area contributed by atoms with Gasteiger partial charge in [0.1, 0.15) is 0 Å². The molecule has 2 aliphatic heterocycles. The number of carbonyl (C=O) groups excluding carboxylic acids is 2. The van der Waals surface area contributed by atoms with E-state index in [1.807, 2.05) is 29.2 Å². The van der Waals surface area contributed by atoms with Gasteiger partial charge in [0.05, 0.1) is 6.20 Å². The average molecular weight is 317 g/mol. The lowest BCUT2D eigenvalue weighted by Gasteiger charge is -2.36. The van der Waals surface area contributed by atoms with Gasteiger partial charge in [0.15, 0.2) is 0 Å². The number of rotatable bonds is 3. The Labute approximate surface area is 135 Å². The highest BCUT2D eigenvalue weighted by molar-refractivity contribution is 5.83. The van der Waals surface area contributed by atoms with E-state index < -0.39 is 0 Å². The highest BCUT2D eigenvalue weighted by Crippen LogP contribution is 2.48. The van der Waals surface area contributed by atoms with E-state index in [-0.39, 0.29) is 23.9 Å². The van der Waals surface area contributed by atoms with Crippen molar-refractivity contribution in [3.63, 3.8) is 0 Å². The van der Waals surface area contributed by atoms with Crippen molar-refractivity contribution in [1.29, 1.82) is 0 Å². The Hall–Kier alpha value is -2.05. The molecule has 0 bridgehead atoms. The number of urea groups is 1. The van der Waals surface area contributed by atoms with Gasteiger partial charge in [-0.2, -0.15) is 5.10 Å². The van der Waals surface area contributed by atoms with Crippen LogP contribution in [0.2, 0.25) is 0 Å². The number of carbonyl (C=O) groups is 2. The second kappa shape index (κ2) is 5.54. The van der Waals surface area contributed by atoms with Crippen LogP contribution in [0.1, 0.15) is 30.7 Å². The Bertz CT molecular complexity index is 620. The number of amides is 3. The highest BCUT2D eigenvalue weighted by Gasteiger charge is 2.47. The van der Waals surface area contributed by atoms with Crippen molar-refractivity contribution < 1.29 is 9.59 Å². The largest absolute Gasteiger partial charge is 0.342 e. The van der Waals surface area contributed by atoms with Gasteiger partial charge in [-0.25, -0.2) is 4.79 Å².